The second-order valence-electron chi connectivity index (χ2n) is 4.87. The molecule has 0 saturated heterocycles. The van der Waals surface area contributed by atoms with Gasteiger partial charge in [0.15, 0.2) is 0 Å². The van der Waals surface area contributed by atoms with Gasteiger partial charge in [-0.1, -0.05) is 12.5 Å². The van der Waals surface area contributed by atoms with E-state index in [0.29, 0.717) is 5.78 Å². The zero-order valence-corrected chi connectivity index (χ0v) is 10.0. The summed E-state index contributed by atoms with van der Waals surface area (Å²) in [5.74, 6) is 0.503. The van der Waals surface area contributed by atoms with Crippen molar-refractivity contribution in [2.45, 2.75) is 38.5 Å². The average Bonchev–Trinajstić information content (AvgIpc) is 2.68. The Morgan fingerprint density at radius 1 is 1.29 bits per heavy atom. The van der Waals surface area contributed by atoms with Crippen LogP contribution in [0.2, 0.25) is 0 Å². The Kier molecular flexibility index (Phi) is 2.46. The zero-order valence-electron chi connectivity index (χ0n) is 10.0. The van der Waals surface area contributed by atoms with Crippen LogP contribution in [0.25, 0.3) is 5.65 Å². The molecule has 1 unspecified atom stereocenters. The molecule has 3 rings (SSSR count). The van der Waals surface area contributed by atoms with Gasteiger partial charge in [-0.2, -0.15) is 0 Å². The monoisotopic (exact) mass is 228 g/mol. The molecule has 0 bridgehead atoms. The van der Waals surface area contributed by atoms with Crippen molar-refractivity contribution >= 4 is 11.4 Å². The summed E-state index contributed by atoms with van der Waals surface area (Å²) in [6.45, 7) is 1.98. The summed E-state index contributed by atoms with van der Waals surface area (Å²) < 4.78 is 2.02. The molecule has 1 atom stereocenters. The molecule has 2 heterocycles. The summed E-state index contributed by atoms with van der Waals surface area (Å²) in [6.07, 6.45) is 8.03. The number of nitrogens with zero attached hydrogens (tertiary/aromatic N) is 2. The molecule has 0 amide bonds. The summed E-state index contributed by atoms with van der Waals surface area (Å²) in [6, 6.07) is 4.06. The van der Waals surface area contributed by atoms with Gasteiger partial charge in [-0.15, -0.1) is 0 Å². The number of pyridine rings is 1. The third-order valence-corrected chi connectivity index (χ3v) is 3.55. The Morgan fingerprint density at radius 2 is 2.18 bits per heavy atom. The number of ketones is 1. The van der Waals surface area contributed by atoms with Crippen LogP contribution in [-0.4, -0.2) is 15.2 Å². The van der Waals surface area contributed by atoms with E-state index in [1.165, 1.54) is 0 Å². The third kappa shape index (κ3) is 1.86. The van der Waals surface area contributed by atoms with E-state index in [1.807, 2.05) is 23.6 Å². The van der Waals surface area contributed by atoms with Crippen molar-refractivity contribution in [1.82, 2.24) is 9.38 Å². The first kappa shape index (κ1) is 10.5. The highest BCUT2D eigenvalue weighted by atomic mass is 16.1. The maximum absolute atomic E-state index is 11.9. The molecular formula is C14H16N2O. The molecule has 0 aromatic carbocycles. The Hall–Kier alpha value is -1.64. The third-order valence-electron chi connectivity index (χ3n) is 3.55. The lowest BCUT2D eigenvalue weighted by Crippen LogP contribution is -2.17. The number of imidazole rings is 1. The Morgan fingerprint density at radius 3 is 3.00 bits per heavy atom. The van der Waals surface area contributed by atoms with E-state index in [9.17, 15) is 4.79 Å². The van der Waals surface area contributed by atoms with Crippen molar-refractivity contribution in [3.05, 3.63) is 35.8 Å². The predicted molar refractivity (Wildman–Crippen MR) is 66.1 cm³/mol. The van der Waals surface area contributed by atoms with Crippen LogP contribution in [0.4, 0.5) is 0 Å². The van der Waals surface area contributed by atoms with Crippen LogP contribution in [0.15, 0.2) is 24.5 Å². The highest BCUT2D eigenvalue weighted by molar-refractivity contribution is 5.86. The molecule has 3 heteroatoms. The van der Waals surface area contributed by atoms with Gasteiger partial charge in [0, 0.05) is 24.7 Å². The van der Waals surface area contributed by atoms with Crippen molar-refractivity contribution < 1.29 is 4.79 Å². The fourth-order valence-corrected chi connectivity index (χ4v) is 2.68. The van der Waals surface area contributed by atoms with E-state index < -0.39 is 0 Å². The second kappa shape index (κ2) is 3.99. The summed E-state index contributed by atoms with van der Waals surface area (Å²) in [5.41, 5.74) is 3.10. The van der Waals surface area contributed by atoms with E-state index in [4.69, 9.17) is 0 Å². The number of fused-ring (bicyclic) bond motifs is 1. The second-order valence-corrected chi connectivity index (χ2v) is 4.87. The first-order chi connectivity index (χ1) is 8.24. The van der Waals surface area contributed by atoms with E-state index in [1.54, 1.807) is 0 Å². The molecule has 3 nitrogen and oxygen atoms in total. The number of aromatic nitrogens is 2. The lowest BCUT2D eigenvalue weighted by Gasteiger charge is -2.20. The van der Waals surface area contributed by atoms with Crippen molar-refractivity contribution in [1.29, 1.82) is 0 Å². The SMILES string of the molecule is Cc1cn2cc(C3CCCCC3=O)ccc2n1. The molecule has 1 fully saturated rings. The first-order valence-electron chi connectivity index (χ1n) is 6.22. The molecule has 0 N–H and O–H groups in total. The smallest absolute Gasteiger partial charge is 0.140 e. The molecule has 1 aliphatic carbocycles. The minimum Gasteiger partial charge on any atom is -0.307 e. The van der Waals surface area contributed by atoms with Gasteiger partial charge in [0.25, 0.3) is 0 Å². The highest BCUT2D eigenvalue weighted by Gasteiger charge is 2.23. The summed E-state index contributed by atoms with van der Waals surface area (Å²) in [5, 5.41) is 0. The number of hydrogen-bond acceptors (Lipinski definition) is 2. The lowest BCUT2D eigenvalue weighted by molar-refractivity contribution is -0.121. The number of Topliss-reactive ketones (excluding diaryl/α,β-unsaturated/α-hetero) is 1. The van der Waals surface area contributed by atoms with Crippen LogP contribution in [0.3, 0.4) is 0 Å². The van der Waals surface area contributed by atoms with Gasteiger partial charge in [-0.25, -0.2) is 4.98 Å². The first-order valence-corrected chi connectivity index (χ1v) is 6.22. The standard InChI is InChI=1S/C14H16N2O/c1-10-8-16-9-11(6-7-14(16)15-10)12-4-2-3-5-13(12)17/h6-9,12H,2-5H2,1H3. The topological polar surface area (TPSA) is 34.4 Å². The molecule has 17 heavy (non-hydrogen) atoms. The van der Waals surface area contributed by atoms with E-state index in [2.05, 4.69) is 17.2 Å². The summed E-state index contributed by atoms with van der Waals surface area (Å²) >= 11 is 0. The minimum atomic E-state index is 0.107. The molecule has 0 spiro atoms. The molecule has 2 aromatic heterocycles. The minimum absolute atomic E-state index is 0.107. The van der Waals surface area contributed by atoms with Crippen LogP contribution >= 0.6 is 0 Å². The molecule has 88 valence electrons. The van der Waals surface area contributed by atoms with Gasteiger partial charge in [0.1, 0.15) is 11.4 Å². The molecular weight excluding hydrogens is 212 g/mol. The molecule has 0 radical (unpaired) electrons. The quantitative estimate of drug-likeness (QED) is 0.752. The van der Waals surface area contributed by atoms with Crippen molar-refractivity contribution in [3.63, 3.8) is 0 Å². The van der Waals surface area contributed by atoms with Crippen LogP contribution in [0, 0.1) is 6.92 Å². The van der Waals surface area contributed by atoms with Crippen LogP contribution in [0.1, 0.15) is 42.9 Å². The van der Waals surface area contributed by atoms with E-state index in [-0.39, 0.29) is 5.92 Å². The van der Waals surface area contributed by atoms with Crippen LogP contribution < -0.4 is 0 Å². The normalized spacial score (nSPS) is 21.0. The highest BCUT2D eigenvalue weighted by Crippen LogP contribution is 2.29. The van der Waals surface area contributed by atoms with Crippen molar-refractivity contribution in [2.75, 3.05) is 0 Å². The van der Waals surface area contributed by atoms with Gasteiger partial charge in [-0.3, -0.25) is 4.79 Å². The Bertz CT molecular complexity index is 571. The molecule has 1 saturated carbocycles. The molecule has 1 aliphatic rings. The van der Waals surface area contributed by atoms with Gasteiger partial charge < -0.3 is 4.40 Å². The van der Waals surface area contributed by atoms with E-state index in [0.717, 1.165) is 42.6 Å². The number of aryl methyl sites for hydroxylation is 1. The van der Waals surface area contributed by atoms with Gasteiger partial charge in [0.2, 0.25) is 0 Å². The zero-order chi connectivity index (χ0) is 11.8. The largest absolute Gasteiger partial charge is 0.307 e. The fourth-order valence-electron chi connectivity index (χ4n) is 2.68. The maximum atomic E-state index is 11.9. The number of rotatable bonds is 1. The maximum Gasteiger partial charge on any atom is 0.140 e. The molecule has 2 aromatic rings. The Labute approximate surface area is 100 Å². The van der Waals surface area contributed by atoms with Gasteiger partial charge >= 0.3 is 0 Å². The van der Waals surface area contributed by atoms with Crippen LogP contribution in [0.5, 0.6) is 0 Å². The van der Waals surface area contributed by atoms with Crippen molar-refractivity contribution in [3.8, 4) is 0 Å². The fraction of sp³-hybridized carbons (Fsp3) is 0.429. The average molecular weight is 228 g/mol. The summed E-state index contributed by atoms with van der Waals surface area (Å²) in [7, 11) is 0. The Balaban J connectivity index is 2.01. The molecule has 0 aliphatic heterocycles. The number of carbonyl (C=O) groups is 1. The van der Waals surface area contributed by atoms with Gasteiger partial charge in [-0.05, 0) is 31.4 Å². The van der Waals surface area contributed by atoms with Crippen molar-refractivity contribution in [2.24, 2.45) is 0 Å². The number of hydrogen-bond donors (Lipinski definition) is 0. The van der Waals surface area contributed by atoms with Gasteiger partial charge in [0.05, 0.1) is 5.69 Å². The van der Waals surface area contributed by atoms with Crippen LogP contribution in [-0.2, 0) is 4.79 Å². The lowest BCUT2D eigenvalue weighted by atomic mass is 9.84. The predicted octanol–water partition coefficient (Wildman–Crippen LogP) is 2.87. The van der Waals surface area contributed by atoms with E-state index >= 15 is 0 Å². The summed E-state index contributed by atoms with van der Waals surface area (Å²) in [4.78, 5) is 16.3. The number of carbonyl (C=O) groups excluding carboxylic acids is 1.